The molecule has 0 bridgehead atoms. The summed E-state index contributed by atoms with van der Waals surface area (Å²) in [6.45, 7) is 0. The molecule has 0 fully saturated rings. The van der Waals surface area contributed by atoms with Crippen molar-refractivity contribution >= 4 is 11.9 Å². The number of unbranched alkanes of at least 4 members (excludes halogenated alkanes) is 11. The maximum atomic E-state index is 10.7. The summed E-state index contributed by atoms with van der Waals surface area (Å²) in [5.74, 6) is -1.82. The monoisotopic (exact) mass is 359 g/mol. The van der Waals surface area contributed by atoms with Crippen molar-refractivity contribution in [3.05, 3.63) is 10.1 Å². The molecule has 146 valence electrons. The minimum absolute atomic E-state index is 0.277. The first kappa shape index (κ1) is 23.3. The molecule has 0 aromatic heterocycles. The zero-order chi connectivity index (χ0) is 18.9. The molecular formula is C18H33NO6. The molecule has 0 aliphatic heterocycles. The van der Waals surface area contributed by atoms with Crippen LogP contribution in [0.25, 0.3) is 0 Å². The molecule has 2 N–H and O–H groups in total. The number of hydrogen-bond donors (Lipinski definition) is 2. The molecule has 0 saturated heterocycles. The summed E-state index contributed by atoms with van der Waals surface area (Å²) >= 11 is 0. The normalized spacial score (nSPS) is 12.0. The van der Waals surface area contributed by atoms with E-state index < -0.39 is 22.9 Å². The van der Waals surface area contributed by atoms with Crippen LogP contribution in [0.3, 0.4) is 0 Å². The number of nitro groups is 1. The quantitative estimate of drug-likeness (QED) is 0.209. The number of carboxylic acid groups (broad SMARTS) is 2. The van der Waals surface area contributed by atoms with Crippen molar-refractivity contribution in [2.24, 2.45) is 0 Å². The lowest BCUT2D eigenvalue weighted by atomic mass is 10.0. The average Bonchev–Trinajstić information content (AvgIpc) is 2.53. The Morgan fingerprint density at radius 2 is 1.12 bits per heavy atom. The minimum atomic E-state index is -1.11. The van der Waals surface area contributed by atoms with Gasteiger partial charge in [-0.15, -0.1) is 0 Å². The van der Waals surface area contributed by atoms with Crippen molar-refractivity contribution in [2.75, 3.05) is 0 Å². The second-order valence-corrected chi connectivity index (χ2v) is 6.71. The molecular weight excluding hydrogens is 326 g/mol. The fourth-order valence-electron chi connectivity index (χ4n) is 2.91. The SMILES string of the molecule is O=C(O)CCCCCCCCCCCCCCC(CC(=O)O)[N+](=O)[O-]. The van der Waals surface area contributed by atoms with Crippen LogP contribution in [0.2, 0.25) is 0 Å². The maximum Gasteiger partial charge on any atom is 0.310 e. The molecule has 0 aromatic carbocycles. The van der Waals surface area contributed by atoms with Gasteiger partial charge in [-0.25, -0.2) is 0 Å². The highest BCUT2D eigenvalue weighted by Gasteiger charge is 2.22. The van der Waals surface area contributed by atoms with Crippen molar-refractivity contribution < 1.29 is 24.7 Å². The van der Waals surface area contributed by atoms with Crippen LogP contribution in [0.15, 0.2) is 0 Å². The molecule has 1 unspecified atom stereocenters. The standard InChI is InChI=1S/C18H33NO6/c20-17(21)14-12-10-8-6-4-2-1-3-5-7-9-11-13-16(19(24)25)15-18(22)23/h16H,1-15H2,(H,20,21)(H,22,23). The fraction of sp³-hybridized carbons (Fsp3) is 0.889. The summed E-state index contributed by atoms with van der Waals surface area (Å²) in [6.07, 6.45) is 12.9. The predicted octanol–water partition coefficient (Wildman–Crippen LogP) is 4.65. The van der Waals surface area contributed by atoms with Gasteiger partial charge < -0.3 is 10.2 Å². The van der Waals surface area contributed by atoms with E-state index in [-0.39, 0.29) is 12.8 Å². The van der Waals surface area contributed by atoms with Gasteiger partial charge >= 0.3 is 11.9 Å². The number of rotatable bonds is 18. The first-order valence-electron chi connectivity index (χ1n) is 9.50. The Kier molecular flexibility index (Phi) is 14.8. The van der Waals surface area contributed by atoms with Gasteiger partial charge in [0.05, 0.1) is 0 Å². The molecule has 7 nitrogen and oxygen atoms in total. The zero-order valence-corrected chi connectivity index (χ0v) is 15.2. The minimum Gasteiger partial charge on any atom is -0.481 e. The van der Waals surface area contributed by atoms with E-state index in [1.54, 1.807) is 0 Å². The third-order valence-electron chi connectivity index (χ3n) is 4.39. The third-order valence-corrected chi connectivity index (χ3v) is 4.39. The fourth-order valence-corrected chi connectivity index (χ4v) is 2.91. The number of aliphatic carboxylic acids is 2. The molecule has 0 aliphatic carbocycles. The van der Waals surface area contributed by atoms with Gasteiger partial charge in [-0.1, -0.05) is 64.2 Å². The first-order chi connectivity index (χ1) is 11.9. The molecule has 0 heterocycles. The Bertz CT molecular complexity index is 386. The smallest absolute Gasteiger partial charge is 0.310 e. The van der Waals surface area contributed by atoms with Crippen molar-refractivity contribution in [1.29, 1.82) is 0 Å². The molecule has 0 aromatic rings. The highest BCUT2D eigenvalue weighted by atomic mass is 16.6. The summed E-state index contributed by atoms with van der Waals surface area (Å²) in [4.78, 5) is 31.2. The number of nitrogens with zero attached hydrogens (tertiary/aromatic N) is 1. The van der Waals surface area contributed by atoms with Gasteiger partial charge in [0, 0.05) is 17.8 Å². The molecule has 0 saturated carbocycles. The highest BCUT2D eigenvalue weighted by Crippen LogP contribution is 2.14. The van der Waals surface area contributed by atoms with Crippen LogP contribution in [0.4, 0.5) is 0 Å². The van der Waals surface area contributed by atoms with Gasteiger partial charge in [-0.3, -0.25) is 19.7 Å². The Labute approximate surface area is 150 Å². The highest BCUT2D eigenvalue weighted by molar-refractivity contribution is 5.67. The van der Waals surface area contributed by atoms with E-state index in [1.165, 1.54) is 32.1 Å². The van der Waals surface area contributed by atoms with Crippen LogP contribution in [0.5, 0.6) is 0 Å². The lowest BCUT2D eigenvalue weighted by Crippen LogP contribution is -2.22. The van der Waals surface area contributed by atoms with E-state index >= 15 is 0 Å². The van der Waals surface area contributed by atoms with Crippen molar-refractivity contribution in [2.45, 2.75) is 102 Å². The van der Waals surface area contributed by atoms with Gasteiger partial charge in [-0.05, 0) is 12.8 Å². The molecule has 0 spiro atoms. The van der Waals surface area contributed by atoms with Gasteiger partial charge in [0.25, 0.3) is 0 Å². The number of carboxylic acids is 2. The van der Waals surface area contributed by atoms with Crippen LogP contribution >= 0.6 is 0 Å². The second kappa shape index (κ2) is 15.8. The van der Waals surface area contributed by atoms with Gasteiger partial charge in [-0.2, -0.15) is 0 Å². The van der Waals surface area contributed by atoms with Crippen LogP contribution < -0.4 is 0 Å². The lowest BCUT2D eigenvalue weighted by molar-refractivity contribution is -0.522. The van der Waals surface area contributed by atoms with Crippen molar-refractivity contribution in [3.63, 3.8) is 0 Å². The van der Waals surface area contributed by atoms with E-state index in [0.29, 0.717) is 6.42 Å². The van der Waals surface area contributed by atoms with Gasteiger partial charge in [0.15, 0.2) is 0 Å². The second-order valence-electron chi connectivity index (χ2n) is 6.71. The van der Waals surface area contributed by atoms with E-state index in [1.807, 2.05) is 0 Å². The Morgan fingerprint density at radius 1 is 0.720 bits per heavy atom. The van der Waals surface area contributed by atoms with Gasteiger partial charge in [0.2, 0.25) is 6.04 Å². The largest absolute Gasteiger partial charge is 0.481 e. The molecule has 1 atom stereocenters. The molecule has 25 heavy (non-hydrogen) atoms. The van der Waals surface area contributed by atoms with Crippen molar-refractivity contribution in [1.82, 2.24) is 0 Å². The Hall–Kier alpha value is -1.66. The van der Waals surface area contributed by atoms with Gasteiger partial charge in [0.1, 0.15) is 6.42 Å². The Balaban J connectivity index is 3.32. The van der Waals surface area contributed by atoms with Crippen LogP contribution in [-0.4, -0.2) is 33.1 Å². The number of hydrogen-bond acceptors (Lipinski definition) is 4. The Morgan fingerprint density at radius 3 is 1.48 bits per heavy atom. The molecule has 0 amide bonds. The molecule has 0 rings (SSSR count). The summed E-state index contributed by atoms with van der Waals surface area (Å²) in [5, 5.41) is 27.9. The van der Waals surface area contributed by atoms with E-state index in [2.05, 4.69) is 0 Å². The summed E-state index contributed by atoms with van der Waals surface area (Å²) in [6, 6.07) is -0.951. The number of carbonyl (C=O) groups is 2. The predicted molar refractivity (Wildman–Crippen MR) is 95.3 cm³/mol. The molecule has 7 heteroatoms. The average molecular weight is 359 g/mol. The van der Waals surface area contributed by atoms with Crippen LogP contribution in [0.1, 0.15) is 96.3 Å². The van der Waals surface area contributed by atoms with Crippen molar-refractivity contribution in [3.8, 4) is 0 Å². The topological polar surface area (TPSA) is 118 Å². The van der Waals surface area contributed by atoms with E-state index in [4.69, 9.17) is 10.2 Å². The summed E-state index contributed by atoms with van der Waals surface area (Å²) < 4.78 is 0. The first-order valence-corrected chi connectivity index (χ1v) is 9.50. The zero-order valence-electron chi connectivity index (χ0n) is 15.2. The maximum absolute atomic E-state index is 10.7. The molecule has 0 aliphatic rings. The van der Waals surface area contributed by atoms with E-state index in [9.17, 15) is 19.7 Å². The molecule has 0 radical (unpaired) electrons. The summed E-state index contributed by atoms with van der Waals surface area (Å²) in [5.41, 5.74) is 0. The van der Waals surface area contributed by atoms with E-state index in [0.717, 1.165) is 44.9 Å². The van der Waals surface area contributed by atoms with Crippen LogP contribution in [-0.2, 0) is 9.59 Å². The lowest BCUT2D eigenvalue weighted by Gasteiger charge is -2.07. The van der Waals surface area contributed by atoms with Crippen LogP contribution in [0, 0.1) is 10.1 Å². The third kappa shape index (κ3) is 17.0. The summed E-state index contributed by atoms with van der Waals surface area (Å²) in [7, 11) is 0.